The van der Waals surface area contributed by atoms with Crippen LogP contribution in [0.25, 0.3) is 17.1 Å². The Bertz CT molecular complexity index is 1210. The molecule has 0 spiro atoms. The van der Waals surface area contributed by atoms with E-state index in [2.05, 4.69) is 31.3 Å². The number of amides is 1. The molecule has 0 fully saturated rings. The predicted molar refractivity (Wildman–Crippen MR) is 120 cm³/mol. The van der Waals surface area contributed by atoms with E-state index in [0.717, 1.165) is 10.2 Å². The quantitative estimate of drug-likeness (QED) is 0.396. The van der Waals surface area contributed by atoms with Gasteiger partial charge in [-0.3, -0.25) is 4.79 Å². The fraction of sp³-hybridized carbons (Fsp3) is 0.0870. The van der Waals surface area contributed by atoms with E-state index in [1.165, 1.54) is 12.1 Å². The van der Waals surface area contributed by atoms with Gasteiger partial charge in [0, 0.05) is 15.7 Å². The minimum absolute atomic E-state index is 0.00631. The van der Waals surface area contributed by atoms with E-state index in [0.29, 0.717) is 29.4 Å². The van der Waals surface area contributed by atoms with Crippen molar-refractivity contribution in [2.24, 2.45) is 0 Å². The molecule has 4 aromatic rings. The molecule has 156 valence electrons. The molecular weight excluding hydrogens is 463 g/mol. The monoisotopic (exact) mass is 480 g/mol. The minimum atomic E-state index is -0.453. The molecule has 0 radical (unpaired) electrons. The molecule has 0 aliphatic carbocycles. The van der Waals surface area contributed by atoms with Gasteiger partial charge in [0.15, 0.2) is 5.82 Å². The number of aromatic nitrogens is 3. The van der Waals surface area contributed by atoms with Gasteiger partial charge < -0.3 is 10.1 Å². The topological polar surface area (TPSA) is 69.0 Å². The van der Waals surface area contributed by atoms with E-state index in [4.69, 9.17) is 4.74 Å². The van der Waals surface area contributed by atoms with Gasteiger partial charge in [-0.1, -0.05) is 22.0 Å². The Labute approximate surface area is 186 Å². The summed E-state index contributed by atoms with van der Waals surface area (Å²) in [6, 6.07) is 20.4. The molecule has 0 bridgehead atoms. The first-order valence-corrected chi connectivity index (χ1v) is 10.4. The zero-order valence-corrected chi connectivity index (χ0v) is 18.1. The maximum absolute atomic E-state index is 13.4. The Morgan fingerprint density at radius 3 is 2.52 bits per heavy atom. The van der Waals surface area contributed by atoms with Crippen LogP contribution in [0.5, 0.6) is 5.75 Å². The van der Waals surface area contributed by atoms with Crippen molar-refractivity contribution in [3.63, 3.8) is 0 Å². The van der Waals surface area contributed by atoms with E-state index in [9.17, 15) is 9.18 Å². The summed E-state index contributed by atoms with van der Waals surface area (Å²) in [5, 5.41) is 7.21. The molecule has 1 N–H and O–H groups in total. The molecule has 3 aromatic carbocycles. The standard InChI is InChI=1S/C23H18BrFN4O2/c1-2-31-20-12-10-19(11-13-20)29-22(15-6-8-17(25)9-7-15)27-21(28-29)23(30)26-18-5-3-4-16(24)14-18/h3-14H,2H2,1H3,(H,26,30). The van der Waals surface area contributed by atoms with Crippen LogP contribution in [-0.4, -0.2) is 27.3 Å². The molecule has 1 aromatic heterocycles. The predicted octanol–water partition coefficient (Wildman–Crippen LogP) is 5.49. The first-order valence-electron chi connectivity index (χ1n) is 9.56. The van der Waals surface area contributed by atoms with Crippen molar-refractivity contribution in [2.75, 3.05) is 11.9 Å². The SMILES string of the molecule is CCOc1ccc(-n2nc(C(=O)Nc3cccc(Br)c3)nc2-c2ccc(F)cc2)cc1. The number of carbonyl (C=O) groups excluding carboxylic acids is 1. The van der Waals surface area contributed by atoms with Crippen molar-refractivity contribution in [1.29, 1.82) is 0 Å². The van der Waals surface area contributed by atoms with Gasteiger partial charge in [0.05, 0.1) is 12.3 Å². The summed E-state index contributed by atoms with van der Waals surface area (Å²) in [7, 11) is 0. The molecule has 0 saturated heterocycles. The van der Waals surface area contributed by atoms with Crippen molar-refractivity contribution in [2.45, 2.75) is 6.92 Å². The van der Waals surface area contributed by atoms with E-state index >= 15 is 0 Å². The third kappa shape index (κ3) is 4.80. The Morgan fingerprint density at radius 1 is 1.10 bits per heavy atom. The molecule has 0 atom stereocenters. The van der Waals surface area contributed by atoms with Gasteiger partial charge in [-0.15, -0.1) is 5.10 Å². The van der Waals surface area contributed by atoms with Gasteiger partial charge in [0.25, 0.3) is 5.91 Å². The number of nitrogens with zero attached hydrogens (tertiary/aromatic N) is 3. The summed E-state index contributed by atoms with van der Waals surface area (Å²) in [4.78, 5) is 17.2. The lowest BCUT2D eigenvalue weighted by Crippen LogP contribution is -2.14. The van der Waals surface area contributed by atoms with Crippen LogP contribution in [0.3, 0.4) is 0 Å². The lowest BCUT2D eigenvalue weighted by molar-refractivity contribution is 0.101. The summed E-state index contributed by atoms with van der Waals surface area (Å²) in [5.41, 5.74) is 1.93. The van der Waals surface area contributed by atoms with Crippen LogP contribution in [0.2, 0.25) is 0 Å². The maximum atomic E-state index is 13.4. The molecule has 4 rings (SSSR count). The largest absolute Gasteiger partial charge is 0.494 e. The smallest absolute Gasteiger partial charge is 0.295 e. The van der Waals surface area contributed by atoms with Crippen LogP contribution in [0, 0.1) is 5.82 Å². The lowest BCUT2D eigenvalue weighted by atomic mass is 10.2. The second kappa shape index (κ2) is 9.09. The van der Waals surface area contributed by atoms with Crippen molar-refractivity contribution < 1.29 is 13.9 Å². The molecule has 0 aliphatic rings. The van der Waals surface area contributed by atoms with Crippen molar-refractivity contribution in [1.82, 2.24) is 14.8 Å². The van der Waals surface area contributed by atoms with Crippen molar-refractivity contribution in [3.8, 4) is 22.8 Å². The van der Waals surface area contributed by atoms with Crippen LogP contribution >= 0.6 is 15.9 Å². The van der Waals surface area contributed by atoms with Gasteiger partial charge >= 0.3 is 0 Å². The highest BCUT2D eigenvalue weighted by molar-refractivity contribution is 9.10. The van der Waals surface area contributed by atoms with Gasteiger partial charge in [0.2, 0.25) is 5.82 Å². The third-order valence-electron chi connectivity index (χ3n) is 4.39. The summed E-state index contributed by atoms with van der Waals surface area (Å²) in [6.07, 6.45) is 0. The number of halogens is 2. The van der Waals surface area contributed by atoms with E-state index < -0.39 is 5.91 Å². The molecule has 8 heteroatoms. The molecule has 6 nitrogen and oxygen atoms in total. The molecule has 1 amide bonds. The number of benzene rings is 3. The summed E-state index contributed by atoms with van der Waals surface area (Å²) >= 11 is 3.38. The lowest BCUT2D eigenvalue weighted by Gasteiger charge is -2.08. The highest BCUT2D eigenvalue weighted by Gasteiger charge is 2.19. The zero-order valence-electron chi connectivity index (χ0n) is 16.5. The van der Waals surface area contributed by atoms with E-state index in [-0.39, 0.29) is 11.6 Å². The average molecular weight is 481 g/mol. The minimum Gasteiger partial charge on any atom is -0.494 e. The molecule has 0 unspecified atom stereocenters. The summed E-state index contributed by atoms with van der Waals surface area (Å²) in [6.45, 7) is 2.47. The molecule has 0 saturated carbocycles. The fourth-order valence-electron chi connectivity index (χ4n) is 2.98. The average Bonchev–Trinajstić information content (AvgIpc) is 3.21. The van der Waals surface area contributed by atoms with Crippen molar-refractivity contribution >= 4 is 27.5 Å². The van der Waals surface area contributed by atoms with Crippen LogP contribution in [0.4, 0.5) is 10.1 Å². The highest BCUT2D eigenvalue weighted by Crippen LogP contribution is 2.24. The number of ether oxygens (including phenoxy) is 1. The number of carbonyl (C=O) groups is 1. The van der Waals surface area contributed by atoms with Gasteiger partial charge in [0.1, 0.15) is 11.6 Å². The summed E-state index contributed by atoms with van der Waals surface area (Å²) < 4.78 is 21.3. The van der Waals surface area contributed by atoms with Crippen molar-refractivity contribution in [3.05, 3.63) is 88.9 Å². The van der Waals surface area contributed by atoms with E-state index in [1.54, 1.807) is 28.9 Å². The number of rotatable bonds is 6. The molecule has 1 heterocycles. The Kier molecular flexibility index (Phi) is 6.08. The highest BCUT2D eigenvalue weighted by atomic mass is 79.9. The second-order valence-electron chi connectivity index (χ2n) is 6.57. The molecule has 0 aliphatic heterocycles. The van der Waals surface area contributed by atoms with Gasteiger partial charge in [-0.05, 0) is 73.7 Å². The van der Waals surface area contributed by atoms with Gasteiger partial charge in [-0.2, -0.15) is 0 Å². The molecular formula is C23H18BrFN4O2. The van der Waals surface area contributed by atoms with Crippen LogP contribution in [0.1, 0.15) is 17.5 Å². The van der Waals surface area contributed by atoms with Crippen LogP contribution in [-0.2, 0) is 0 Å². The maximum Gasteiger partial charge on any atom is 0.295 e. The van der Waals surface area contributed by atoms with Crippen LogP contribution in [0.15, 0.2) is 77.3 Å². The Morgan fingerprint density at radius 2 is 1.84 bits per heavy atom. The summed E-state index contributed by atoms with van der Waals surface area (Å²) in [5.74, 6) is 0.328. The number of nitrogens with one attached hydrogen (secondary N) is 1. The number of hydrogen-bond acceptors (Lipinski definition) is 4. The second-order valence-corrected chi connectivity index (χ2v) is 7.48. The first-order chi connectivity index (χ1) is 15.0. The fourth-order valence-corrected chi connectivity index (χ4v) is 3.38. The Balaban J connectivity index is 1.72. The third-order valence-corrected chi connectivity index (χ3v) is 4.88. The number of anilines is 1. The number of hydrogen-bond donors (Lipinski definition) is 1. The first kappa shape index (κ1) is 20.7. The van der Waals surface area contributed by atoms with Crippen LogP contribution < -0.4 is 10.1 Å². The van der Waals surface area contributed by atoms with Gasteiger partial charge in [-0.25, -0.2) is 14.1 Å². The zero-order chi connectivity index (χ0) is 21.8. The van der Waals surface area contributed by atoms with E-state index in [1.807, 2.05) is 43.3 Å². The normalized spacial score (nSPS) is 10.7. The molecule has 31 heavy (non-hydrogen) atoms. The Hall–Kier alpha value is -3.52.